The predicted molar refractivity (Wildman–Crippen MR) is 70.7 cm³/mol. The van der Waals surface area contributed by atoms with E-state index in [1.807, 2.05) is 0 Å². The average Bonchev–Trinajstić information content (AvgIpc) is 2.60. The zero-order chi connectivity index (χ0) is 15.4. The lowest BCUT2D eigenvalue weighted by Gasteiger charge is -2.28. The van der Waals surface area contributed by atoms with Gasteiger partial charge in [-0.25, -0.2) is 12.7 Å². The van der Waals surface area contributed by atoms with Gasteiger partial charge < -0.3 is 0 Å². The minimum atomic E-state index is -4.06. The highest BCUT2D eigenvalue weighted by Gasteiger charge is 2.49. The smallest absolute Gasteiger partial charge is 0.269 e. The van der Waals surface area contributed by atoms with Crippen molar-refractivity contribution in [2.45, 2.75) is 30.7 Å². The topological polar surface area (TPSA) is 101 Å². The summed E-state index contributed by atoms with van der Waals surface area (Å²) in [4.78, 5) is 35.4. The number of hydrogen-bond donors (Lipinski definition) is 1. The van der Waals surface area contributed by atoms with Crippen LogP contribution in [0.25, 0.3) is 0 Å². The summed E-state index contributed by atoms with van der Waals surface area (Å²) in [6.07, 6.45) is 0.00765. The fraction of sp³-hybridized carbons (Fsp3) is 0.308. The maximum absolute atomic E-state index is 12.6. The third-order valence-corrected chi connectivity index (χ3v) is 5.65. The quantitative estimate of drug-likeness (QED) is 0.733. The third kappa shape index (κ3) is 1.86. The molecule has 3 rings (SSSR count). The van der Waals surface area contributed by atoms with Crippen molar-refractivity contribution in [3.8, 4) is 0 Å². The number of imide groups is 1. The molecule has 0 aromatic heterocycles. The molecule has 1 atom stereocenters. The minimum Gasteiger partial charge on any atom is -0.295 e. The van der Waals surface area contributed by atoms with E-state index in [1.165, 1.54) is 6.07 Å². The van der Waals surface area contributed by atoms with E-state index in [1.54, 1.807) is 19.1 Å². The van der Waals surface area contributed by atoms with Crippen LogP contribution in [0.1, 0.15) is 28.8 Å². The number of rotatable bonds is 1. The molecule has 2 heterocycles. The lowest BCUT2D eigenvalue weighted by atomic mass is 10.1. The Morgan fingerprint density at radius 1 is 1.24 bits per heavy atom. The zero-order valence-corrected chi connectivity index (χ0v) is 11.9. The van der Waals surface area contributed by atoms with Crippen LogP contribution in [0, 0.1) is 6.92 Å². The van der Waals surface area contributed by atoms with Gasteiger partial charge in [0, 0.05) is 6.42 Å². The second-order valence-corrected chi connectivity index (χ2v) is 6.78. The molecular formula is C13H12N2O5S. The highest BCUT2D eigenvalue weighted by Crippen LogP contribution is 2.35. The van der Waals surface area contributed by atoms with E-state index in [2.05, 4.69) is 5.32 Å². The molecule has 0 spiro atoms. The van der Waals surface area contributed by atoms with Gasteiger partial charge in [0.05, 0.1) is 5.56 Å². The molecule has 21 heavy (non-hydrogen) atoms. The number of sulfonamides is 1. The van der Waals surface area contributed by atoms with E-state index < -0.39 is 33.8 Å². The first-order chi connectivity index (χ1) is 9.84. The van der Waals surface area contributed by atoms with Crippen LogP contribution in [-0.2, 0) is 19.6 Å². The van der Waals surface area contributed by atoms with Gasteiger partial charge in [0.15, 0.2) is 0 Å². The van der Waals surface area contributed by atoms with Crippen LogP contribution in [0.4, 0.5) is 0 Å². The maximum atomic E-state index is 12.6. The Morgan fingerprint density at radius 2 is 1.95 bits per heavy atom. The Kier molecular flexibility index (Phi) is 2.87. The fourth-order valence-corrected chi connectivity index (χ4v) is 4.66. The summed E-state index contributed by atoms with van der Waals surface area (Å²) in [6, 6.07) is 3.44. The van der Waals surface area contributed by atoms with Crippen molar-refractivity contribution in [1.82, 2.24) is 9.62 Å². The first-order valence-electron chi connectivity index (χ1n) is 6.36. The van der Waals surface area contributed by atoms with Crippen LogP contribution in [0.5, 0.6) is 0 Å². The Labute approximate surface area is 121 Å². The number of nitrogens with zero attached hydrogens (tertiary/aromatic N) is 1. The zero-order valence-electron chi connectivity index (χ0n) is 11.1. The molecule has 110 valence electrons. The largest absolute Gasteiger partial charge is 0.295 e. The summed E-state index contributed by atoms with van der Waals surface area (Å²) in [5.74, 6) is -1.94. The molecule has 1 aromatic carbocycles. The van der Waals surface area contributed by atoms with E-state index in [4.69, 9.17) is 0 Å². The second kappa shape index (κ2) is 4.39. The highest BCUT2D eigenvalue weighted by molar-refractivity contribution is 7.90. The summed E-state index contributed by atoms with van der Waals surface area (Å²) in [7, 11) is -4.06. The van der Waals surface area contributed by atoms with Crippen molar-refractivity contribution in [1.29, 1.82) is 0 Å². The van der Waals surface area contributed by atoms with Gasteiger partial charge >= 0.3 is 0 Å². The molecule has 1 fully saturated rings. The number of hydrogen-bond acceptors (Lipinski definition) is 5. The lowest BCUT2D eigenvalue weighted by Crippen LogP contribution is -2.54. The normalized spacial score (nSPS) is 24.0. The Balaban J connectivity index is 2.11. The molecule has 1 saturated heterocycles. The Morgan fingerprint density at radius 3 is 2.57 bits per heavy atom. The van der Waals surface area contributed by atoms with Gasteiger partial charge in [-0.05, 0) is 25.0 Å². The lowest BCUT2D eigenvalue weighted by molar-refractivity contribution is -0.135. The van der Waals surface area contributed by atoms with Crippen LogP contribution in [0.15, 0.2) is 23.1 Å². The number of carbonyl (C=O) groups excluding carboxylic acids is 3. The number of piperidine rings is 1. The fourth-order valence-electron chi connectivity index (χ4n) is 2.70. The molecule has 1 N–H and O–H groups in total. The van der Waals surface area contributed by atoms with Crippen LogP contribution in [-0.4, -0.2) is 36.5 Å². The van der Waals surface area contributed by atoms with Crippen LogP contribution >= 0.6 is 0 Å². The maximum Gasteiger partial charge on any atom is 0.269 e. The molecular weight excluding hydrogens is 296 g/mol. The molecule has 3 amide bonds. The van der Waals surface area contributed by atoms with Crippen LogP contribution in [0.2, 0.25) is 0 Å². The summed E-state index contributed by atoms with van der Waals surface area (Å²) in [5.41, 5.74) is 0.523. The molecule has 0 saturated carbocycles. The summed E-state index contributed by atoms with van der Waals surface area (Å²) < 4.78 is 25.8. The summed E-state index contributed by atoms with van der Waals surface area (Å²) >= 11 is 0. The van der Waals surface area contributed by atoms with E-state index >= 15 is 0 Å². The number of benzene rings is 1. The Hall–Kier alpha value is -2.22. The summed E-state index contributed by atoms with van der Waals surface area (Å²) in [5, 5.41) is 2.07. The van der Waals surface area contributed by atoms with Gasteiger partial charge in [-0.2, -0.15) is 0 Å². The number of fused-ring (bicyclic) bond motifs is 1. The number of aryl methyl sites for hydroxylation is 1. The van der Waals surface area contributed by atoms with Crippen molar-refractivity contribution in [2.75, 3.05) is 0 Å². The van der Waals surface area contributed by atoms with Crippen LogP contribution in [0.3, 0.4) is 0 Å². The van der Waals surface area contributed by atoms with E-state index in [0.29, 0.717) is 9.87 Å². The average molecular weight is 308 g/mol. The van der Waals surface area contributed by atoms with Gasteiger partial charge in [0.25, 0.3) is 21.8 Å². The van der Waals surface area contributed by atoms with Gasteiger partial charge in [-0.3, -0.25) is 19.7 Å². The molecule has 0 aliphatic carbocycles. The molecule has 0 radical (unpaired) electrons. The van der Waals surface area contributed by atoms with Crippen molar-refractivity contribution in [3.05, 3.63) is 29.3 Å². The number of amides is 3. The molecule has 1 aromatic rings. The van der Waals surface area contributed by atoms with Gasteiger partial charge in [-0.1, -0.05) is 12.1 Å². The Bertz CT molecular complexity index is 784. The van der Waals surface area contributed by atoms with Gasteiger partial charge in [0.1, 0.15) is 10.9 Å². The SMILES string of the molecule is Cc1cccc2c1S(=O)(=O)N(C1CCC(=O)NC1=O)C2=O. The van der Waals surface area contributed by atoms with Gasteiger partial charge in [-0.15, -0.1) is 0 Å². The van der Waals surface area contributed by atoms with E-state index in [-0.39, 0.29) is 23.3 Å². The van der Waals surface area contributed by atoms with Crippen LogP contribution < -0.4 is 5.32 Å². The number of carbonyl (C=O) groups is 3. The standard InChI is InChI=1S/C13H12N2O5S/c1-7-3-2-4-8-11(7)21(19,20)15(13(8)18)9-5-6-10(16)14-12(9)17/h2-4,9H,5-6H2,1H3,(H,14,16,17). The summed E-state index contributed by atoms with van der Waals surface area (Å²) in [6.45, 7) is 1.59. The third-order valence-electron chi connectivity index (χ3n) is 3.65. The number of nitrogens with one attached hydrogen (secondary N) is 1. The predicted octanol–water partition coefficient (Wildman–Crippen LogP) is -0.0553. The molecule has 2 aliphatic rings. The van der Waals surface area contributed by atoms with Crippen molar-refractivity contribution in [3.63, 3.8) is 0 Å². The van der Waals surface area contributed by atoms with Gasteiger partial charge in [0.2, 0.25) is 5.91 Å². The van der Waals surface area contributed by atoms with Crippen molar-refractivity contribution < 1.29 is 22.8 Å². The molecule has 0 bridgehead atoms. The monoisotopic (exact) mass is 308 g/mol. The molecule has 8 heteroatoms. The first-order valence-corrected chi connectivity index (χ1v) is 7.80. The highest BCUT2D eigenvalue weighted by atomic mass is 32.2. The second-order valence-electron chi connectivity index (χ2n) is 5.02. The van der Waals surface area contributed by atoms with Crippen molar-refractivity contribution in [2.24, 2.45) is 0 Å². The molecule has 1 unspecified atom stereocenters. The molecule has 2 aliphatic heterocycles. The minimum absolute atomic E-state index is 0.00265. The van der Waals surface area contributed by atoms with Crippen molar-refractivity contribution >= 4 is 27.7 Å². The van der Waals surface area contributed by atoms with E-state index in [9.17, 15) is 22.8 Å². The molecule has 7 nitrogen and oxygen atoms in total. The first kappa shape index (κ1) is 13.7. The van der Waals surface area contributed by atoms with E-state index in [0.717, 1.165) is 0 Å².